The normalized spacial score (nSPS) is 16.2. The Kier molecular flexibility index (Phi) is 6.45. The summed E-state index contributed by atoms with van der Waals surface area (Å²) in [5.41, 5.74) is 4.08. The minimum atomic E-state index is -0.346. The predicted octanol–water partition coefficient (Wildman–Crippen LogP) is 4.42. The Morgan fingerprint density at radius 1 is 1.19 bits per heavy atom. The fourth-order valence-corrected chi connectivity index (χ4v) is 4.08. The van der Waals surface area contributed by atoms with Gasteiger partial charge < -0.3 is 4.74 Å². The Balaban J connectivity index is 1.66. The number of nitro groups is 1. The summed E-state index contributed by atoms with van der Waals surface area (Å²) in [6.07, 6.45) is 5.31. The molecule has 2 aromatic carbocycles. The summed E-state index contributed by atoms with van der Waals surface area (Å²) in [6.45, 7) is 4.28. The van der Waals surface area contributed by atoms with Crippen molar-refractivity contribution in [3.8, 4) is 5.75 Å². The second-order valence-electron chi connectivity index (χ2n) is 7.20. The predicted molar refractivity (Wildman–Crippen MR) is 107 cm³/mol. The summed E-state index contributed by atoms with van der Waals surface area (Å²) < 4.78 is 5.53. The molecular weight excluding hydrogens is 340 g/mol. The number of methoxy groups -OCH3 is 1. The van der Waals surface area contributed by atoms with E-state index in [0.717, 1.165) is 56.5 Å². The van der Waals surface area contributed by atoms with Gasteiger partial charge in [0.25, 0.3) is 5.69 Å². The molecule has 27 heavy (non-hydrogen) atoms. The van der Waals surface area contributed by atoms with Gasteiger partial charge in [-0.3, -0.25) is 15.0 Å². The molecule has 2 aromatic rings. The van der Waals surface area contributed by atoms with Gasteiger partial charge in [-0.2, -0.15) is 0 Å². The molecule has 0 aliphatic heterocycles. The Morgan fingerprint density at radius 3 is 2.63 bits per heavy atom. The highest BCUT2D eigenvalue weighted by Gasteiger charge is 2.25. The van der Waals surface area contributed by atoms with E-state index in [1.807, 2.05) is 12.1 Å². The number of non-ortho nitro benzene ring substituents is 1. The standard InChI is InChI=1S/C22H28N2O3/c1-3-14-23(15-13-17-7-9-19(10-8-17)24(25)26)20-11-12-21-18(16-20)5-4-6-22(21)27-2/h4-10,20H,3,11-16H2,1-2H3. The van der Waals surface area contributed by atoms with Crippen LogP contribution in [-0.4, -0.2) is 36.1 Å². The molecule has 1 atom stereocenters. The minimum Gasteiger partial charge on any atom is -0.496 e. The van der Waals surface area contributed by atoms with Gasteiger partial charge in [0.1, 0.15) is 5.75 Å². The van der Waals surface area contributed by atoms with Crippen LogP contribution in [0.5, 0.6) is 5.75 Å². The van der Waals surface area contributed by atoms with E-state index in [4.69, 9.17) is 4.74 Å². The molecule has 0 aromatic heterocycles. The molecule has 1 aliphatic carbocycles. The van der Waals surface area contributed by atoms with Gasteiger partial charge in [-0.25, -0.2) is 0 Å². The van der Waals surface area contributed by atoms with Crippen LogP contribution >= 0.6 is 0 Å². The fraction of sp³-hybridized carbons (Fsp3) is 0.455. The number of nitro benzene ring substituents is 1. The third-order valence-corrected chi connectivity index (χ3v) is 5.50. The number of rotatable bonds is 8. The van der Waals surface area contributed by atoms with Crippen LogP contribution < -0.4 is 4.74 Å². The van der Waals surface area contributed by atoms with Gasteiger partial charge in [-0.1, -0.05) is 31.2 Å². The Morgan fingerprint density at radius 2 is 1.96 bits per heavy atom. The average Bonchev–Trinajstić information content (AvgIpc) is 2.70. The van der Waals surface area contributed by atoms with Crippen LogP contribution in [0.2, 0.25) is 0 Å². The molecule has 5 nitrogen and oxygen atoms in total. The van der Waals surface area contributed by atoms with Crippen LogP contribution in [0.25, 0.3) is 0 Å². The van der Waals surface area contributed by atoms with Gasteiger partial charge in [0.2, 0.25) is 0 Å². The first-order valence-corrected chi connectivity index (χ1v) is 9.74. The second kappa shape index (κ2) is 9.00. The lowest BCUT2D eigenvalue weighted by molar-refractivity contribution is -0.384. The quantitative estimate of drug-likeness (QED) is 0.511. The first-order valence-electron chi connectivity index (χ1n) is 9.74. The van der Waals surface area contributed by atoms with Crippen LogP contribution in [0.1, 0.15) is 36.5 Å². The van der Waals surface area contributed by atoms with E-state index in [0.29, 0.717) is 6.04 Å². The number of fused-ring (bicyclic) bond motifs is 1. The zero-order valence-electron chi connectivity index (χ0n) is 16.2. The van der Waals surface area contributed by atoms with Crippen LogP contribution in [-0.2, 0) is 19.3 Å². The van der Waals surface area contributed by atoms with E-state index < -0.39 is 0 Å². The number of ether oxygens (including phenoxy) is 1. The third-order valence-electron chi connectivity index (χ3n) is 5.50. The third kappa shape index (κ3) is 4.66. The summed E-state index contributed by atoms with van der Waals surface area (Å²) in [7, 11) is 1.75. The number of hydrogen-bond donors (Lipinski definition) is 0. The summed E-state index contributed by atoms with van der Waals surface area (Å²) in [5, 5.41) is 10.8. The van der Waals surface area contributed by atoms with Gasteiger partial charge in [-0.15, -0.1) is 0 Å². The average molecular weight is 368 g/mol. The molecule has 0 N–H and O–H groups in total. The Hall–Kier alpha value is -2.40. The molecule has 3 rings (SSSR count). The Bertz CT molecular complexity index is 774. The van der Waals surface area contributed by atoms with E-state index in [-0.39, 0.29) is 10.6 Å². The van der Waals surface area contributed by atoms with Crippen molar-refractivity contribution >= 4 is 5.69 Å². The van der Waals surface area contributed by atoms with E-state index in [1.54, 1.807) is 19.2 Å². The second-order valence-corrected chi connectivity index (χ2v) is 7.20. The molecular formula is C22H28N2O3. The molecule has 0 bridgehead atoms. The largest absolute Gasteiger partial charge is 0.496 e. The zero-order valence-corrected chi connectivity index (χ0v) is 16.2. The lowest BCUT2D eigenvalue weighted by Crippen LogP contribution is -2.41. The van der Waals surface area contributed by atoms with Crippen molar-refractivity contribution in [1.29, 1.82) is 0 Å². The molecule has 0 fully saturated rings. The zero-order chi connectivity index (χ0) is 19.2. The number of nitrogens with zero attached hydrogens (tertiary/aromatic N) is 2. The van der Waals surface area contributed by atoms with Crippen molar-refractivity contribution in [2.45, 2.75) is 45.1 Å². The molecule has 0 spiro atoms. The first-order chi connectivity index (χ1) is 13.1. The maximum atomic E-state index is 10.8. The van der Waals surface area contributed by atoms with Crippen LogP contribution in [0.4, 0.5) is 5.69 Å². The smallest absolute Gasteiger partial charge is 0.269 e. The van der Waals surface area contributed by atoms with Crippen molar-refractivity contribution in [2.75, 3.05) is 20.2 Å². The molecule has 1 unspecified atom stereocenters. The Labute approximate surface area is 161 Å². The van der Waals surface area contributed by atoms with Gasteiger partial charge in [0.05, 0.1) is 12.0 Å². The first kappa shape index (κ1) is 19.4. The van der Waals surface area contributed by atoms with Gasteiger partial charge in [0, 0.05) is 24.7 Å². The van der Waals surface area contributed by atoms with Gasteiger partial charge >= 0.3 is 0 Å². The highest BCUT2D eigenvalue weighted by molar-refractivity contribution is 5.42. The minimum absolute atomic E-state index is 0.155. The van der Waals surface area contributed by atoms with E-state index in [1.165, 1.54) is 11.1 Å². The number of hydrogen-bond acceptors (Lipinski definition) is 4. The van der Waals surface area contributed by atoms with Crippen molar-refractivity contribution in [2.24, 2.45) is 0 Å². The molecule has 144 valence electrons. The SMILES string of the molecule is CCCN(CCc1ccc([N+](=O)[O-])cc1)C1CCc2c(cccc2OC)C1. The van der Waals surface area contributed by atoms with Crippen LogP contribution in [0, 0.1) is 10.1 Å². The topological polar surface area (TPSA) is 55.6 Å². The molecule has 0 saturated heterocycles. The highest BCUT2D eigenvalue weighted by atomic mass is 16.6. The van der Waals surface area contributed by atoms with Crippen molar-refractivity contribution < 1.29 is 9.66 Å². The van der Waals surface area contributed by atoms with Crippen LogP contribution in [0.15, 0.2) is 42.5 Å². The van der Waals surface area contributed by atoms with E-state index in [9.17, 15) is 10.1 Å². The maximum Gasteiger partial charge on any atom is 0.269 e. The molecule has 0 amide bonds. The van der Waals surface area contributed by atoms with Crippen molar-refractivity contribution in [3.05, 3.63) is 69.3 Å². The van der Waals surface area contributed by atoms with E-state index in [2.05, 4.69) is 30.0 Å². The monoisotopic (exact) mass is 368 g/mol. The molecule has 0 heterocycles. The maximum absolute atomic E-state index is 10.8. The lowest BCUT2D eigenvalue weighted by atomic mass is 9.86. The van der Waals surface area contributed by atoms with Crippen LogP contribution in [0.3, 0.4) is 0 Å². The molecule has 0 radical (unpaired) electrons. The number of benzene rings is 2. The lowest BCUT2D eigenvalue weighted by Gasteiger charge is -2.35. The van der Waals surface area contributed by atoms with Gasteiger partial charge in [-0.05, 0) is 61.4 Å². The highest BCUT2D eigenvalue weighted by Crippen LogP contribution is 2.31. The van der Waals surface area contributed by atoms with E-state index >= 15 is 0 Å². The summed E-state index contributed by atoms with van der Waals surface area (Å²) >= 11 is 0. The molecule has 5 heteroatoms. The summed E-state index contributed by atoms with van der Waals surface area (Å²) in [6, 6.07) is 13.9. The summed E-state index contributed by atoms with van der Waals surface area (Å²) in [4.78, 5) is 13.0. The summed E-state index contributed by atoms with van der Waals surface area (Å²) in [5.74, 6) is 1.01. The molecule has 0 saturated carbocycles. The molecule has 1 aliphatic rings. The van der Waals surface area contributed by atoms with Crippen molar-refractivity contribution in [1.82, 2.24) is 4.90 Å². The van der Waals surface area contributed by atoms with Crippen molar-refractivity contribution in [3.63, 3.8) is 0 Å². The van der Waals surface area contributed by atoms with Gasteiger partial charge in [0.15, 0.2) is 0 Å². The fourth-order valence-electron chi connectivity index (χ4n) is 4.08.